The number of hydrogen-bond acceptors (Lipinski definition) is 3. The lowest BCUT2D eigenvalue weighted by atomic mass is 10.1. The zero-order valence-corrected chi connectivity index (χ0v) is 11.2. The van der Waals surface area contributed by atoms with Gasteiger partial charge in [-0.05, 0) is 25.7 Å². The molecule has 1 aromatic heterocycles. The van der Waals surface area contributed by atoms with E-state index in [9.17, 15) is 0 Å². The van der Waals surface area contributed by atoms with Gasteiger partial charge in [0, 0.05) is 31.9 Å². The van der Waals surface area contributed by atoms with E-state index in [4.69, 9.17) is 5.73 Å². The Morgan fingerprint density at radius 2 is 2.29 bits per heavy atom. The molecular formula is C13H24N4. The van der Waals surface area contributed by atoms with Gasteiger partial charge in [-0.1, -0.05) is 13.8 Å². The Hall–Kier alpha value is -1.03. The summed E-state index contributed by atoms with van der Waals surface area (Å²) >= 11 is 0. The molecule has 1 atom stereocenters. The molecule has 0 amide bonds. The van der Waals surface area contributed by atoms with Gasteiger partial charge in [-0.3, -0.25) is 0 Å². The fourth-order valence-electron chi connectivity index (χ4n) is 2.51. The minimum atomic E-state index is 0.299. The number of nitrogens with two attached hydrogens (primary N) is 1. The van der Waals surface area contributed by atoms with Crippen molar-refractivity contribution in [3.63, 3.8) is 0 Å². The zero-order chi connectivity index (χ0) is 12.4. The summed E-state index contributed by atoms with van der Waals surface area (Å²) in [4.78, 5) is 6.99. The molecule has 0 aliphatic carbocycles. The van der Waals surface area contributed by atoms with Crippen LogP contribution in [0.3, 0.4) is 0 Å². The molecule has 0 unspecified atom stereocenters. The minimum absolute atomic E-state index is 0.299. The maximum Gasteiger partial charge on any atom is 0.205 e. The monoisotopic (exact) mass is 236 g/mol. The number of anilines is 1. The van der Waals surface area contributed by atoms with Gasteiger partial charge >= 0.3 is 0 Å². The zero-order valence-electron chi connectivity index (χ0n) is 11.2. The number of aryl methyl sites for hydroxylation is 1. The van der Waals surface area contributed by atoms with E-state index < -0.39 is 0 Å². The molecule has 2 rings (SSSR count). The van der Waals surface area contributed by atoms with Crippen LogP contribution in [0.2, 0.25) is 0 Å². The molecule has 2 heterocycles. The number of piperidine rings is 1. The van der Waals surface area contributed by atoms with Gasteiger partial charge in [0.2, 0.25) is 5.95 Å². The second-order valence-corrected chi connectivity index (χ2v) is 5.58. The highest BCUT2D eigenvalue weighted by Gasteiger charge is 2.21. The van der Waals surface area contributed by atoms with Gasteiger partial charge in [0.25, 0.3) is 0 Å². The molecule has 2 N–H and O–H groups in total. The van der Waals surface area contributed by atoms with Crippen molar-refractivity contribution in [1.29, 1.82) is 0 Å². The first kappa shape index (κ1) is 12.4. The Morgan fingerprint density at radius 1 is 1.53 bits per heavy atom. The quantitative estimate of drug-likeness (QED) is 0.870. The van der Waals surface area contributed by atoms with Crippen LogP contribution in [0.1, 0.15) is 32.4 Å². The van der Waals surface area contributed by atoms with E-state index in [1.807, 2.05) is 0 Å². The van der Waals surface area contributed by atoms with Crippen LogP contribution in [0, 0.1) is 12.8 Å². The topological polar surface area (TPSA) is 47.1 Å². The van der Waals surface area contributed by atoms with Gasteiger partial charge in [-0.25, -0.2) is 4.98 Å². The van der Waals surface area contributed by atoms with Gasteiger partial charge < -0.3 is 15.2 Å². The number of rotatable bonds is 3. The van der Waals surface area contributed by atoms with E-state index in [2.05, 4.69) is 41.4 Å². The Labute approximate surface area is 104 Å². The van der Waals surface area contributed by atoms with Crippen LogP contribution in [-0.2, 0) is 6.54 Å². The minimum Gasteiger partial charge on any atom is -0.341 e. The van der Waals surface area contributed by atoms with Crippen LogP contribution in [0.4, 0.5) is 5.95 Å². The molecule has 1 aliphatic rings. The third-order valence-corrected chi connectivity index (χ3v) is 3.18. The maximum atomic E-state index is 6.04. The van der Waals surface area contributed by atoms with E-state index in [0.717, 1.165) is 37.7 Å². The van der Waals surface area contributed by atoms with Crippen molar-refractivity contribution in [3.8, 4) is 0 Å². The first-order chi connectivity index (χ1) is 8.06. The first-order valence-corrected chi connectivity index (χ1v) is 6.60. The van der Waals surface area contributed by atoms with Crippen molar-refractivity contribution < 1.29 is 0 Å². The SMILES string of the molecule is Cc1cn(CC(C)C)c(N2CCC[C@@H](N)C2)n1. The van der Waals surface area contributed by atoms with Crippen molar-refractivity contribution in [2.45, 2.75) is 46.2 Å². The predicted molar refractivity (Wildman–Crippen MR) is 71.2 cm³/mol. The Bertz CT molecular complexity index is 369. The first-order valence-electron chi connectivity index (χ1n) is 6.60. The third-order valence-electron chi connectivity index (χ3n) is 3.18. The average Bonchev–Trinajstić information content (AvgIpc) is 2.58. The van der Waals surface area contributed by atoms with Crippen LogP contribution >= 0.6 is 0 Å². The second-order valence-electron chi connectivity index (χ2n) is 5.58. The Morgan fingerprint density at radius 3 is 2.94 bits per heavy atom. The molecule has 0 radical (unpaired) electrons. The van der Waals surface area contributed by atoms with E-state index >= 15 is 0 Å². The summed E-state index contributed by atoms with van der Waals surface area (Å²) in [6, 6.07) is 0.299. The van der Waals surface area contributed by atoms with Crippen molar-refractivity contribution >= 4 is 5.95 Å². The average molecular weight is 236 g/mol. The summed E-state index contributed by atoms with van der Waals surface area (Å²) in [7, 11) is 0. The predicted octanol–water partition coefficient (Wildman–Crippen LogP) is 1.78. The number of hydrogen-bond donors (Lipinski definition) is 1. The summed E-state index contributed by atoms with van der Waals surface area (Å²) in [5, 5.41) is 0. The molecule has 4 nitrogen and oxygen atoms in total. The summed E-state index contributed by atoms with van der Waals surface area (Å²) < 4.78 is 2.28. The van der Waals surface area contributed by atoms with Gasteiger partial charge in [-0.15, -0.1) is 0 Å². The van der Waals surface area contributed by atoms with E-state index in [1.165, 1.54) is 6.42 Å². The molecular weight excluding hydrogens is 212 g/mol. The molecule has 1 fully saturated rings. The Balaban J connectivity index is 2.18. The van der Waals surface area contributed by atoms with Crippen LogP contribution in [0.25, 0.3) is 0 Å². The lowest BCUT2D eigenvalue weighted by Crippen LogP contribution is -2.44. The molecule has 17 heavy (non-hydrogen) atoms. The van der Waals surface area contributed by atoms with E-state index in [1.54, 1.807) is 0 Å². The summed E-state index contributed by atoms with van der Waals surface area (Å²) in [5.41, 5.74) is 7.14. The standard InChI is InChI=1S/C13H24N4/c1-10(2)7-17-8-11(3)15-13(17)16-6-4-5-12(14)9-16/h8,10,12H,4-7,9,14H2,1-3H3/t12-/m1/s1. The summed E-state index contributed by atoms with van der Waals surface area (Å²) in [6.45, 7) is 9.59. The molecule has 96 valence electrons. The van der Waals surface area contributed by atoms with Gasteiger partial charge in [-0.2, -0.15) is 0 Å². The van der Waals surface area contributed by atoms with Crippen molar-refractivity contribution in [1.82, 2.24) is 9.55 Å². The van der Waals surface area contributed by atoms with Gasteiger partial charge in [0.05, 0.1) is 5.69 Å². The highest BCUT2D eigenvalue weighted by atomic mass is 15.3. The van der Waals surface area contributed by atoms with Crippen LogP contribution < -0.4 is 10.6 Å². The lowest BCUT2D eigenvalue weighted by Gasteiger charge is -2.32. The lowest BCUT2D eigenvalue weighted by molar-refractivity contribution is 0.475. The fourth-order valence-corrected chi connectivity index (χ4v) is 2.51. The number of aromatic nitrogens is 2. The van der Waals surface area contributed by atoms with Crippen LogP contribution in [0.5, 0.6) is 0 Å². The normalized spacial score (nSPS) is 21.2. The molecule has 1 aromatic rings. The maximum absolute atomic E-state index is 6.04. The molecule has 0 bridgehead atoms. The van der Waals surface area contributed by atoms with E-state index in [-0.39, 0.29) is 0 Å². The molecule has 4 heteroatoms. The summed E-state index contributed by atoms with van der Waals surface area (Å²) in [5.74, 6) is 1.74. The van der Waals surface area contributed by atoms with Gasteiger partial charge in [0.1, 0.15) is 0 Å². The van der Waals surface area contributed by atoms with Gasteiger partial charge in [0.15, 0.2) is 0 Å². The van der Waals surface area contributed by atoms with E-state index in [0.29, 0.717) is 12.0 Å². The van der Waals surface area contributed by atoms with Crippen molar-refractivity contribution in [2.24, 2.45) is 11.7 Å². The smallest absolute Gasteiger partial charge is 0.205 e. The molecule has 1 saturated heterocycles. The largest absolute Gasteiger partial charge is 0.341 e. The summed E-state index contributed by atoms with van der Waals surface area (Å²) in [6.07, 6.45) is 4.46. The van der Waals surface area contributed by atoms with Crippen LogP contribution in [-0.4, -0.2) is 28.7 Å². The fraction of sp³-hybridized carbons (Fsp3) is 0.769. The molecule has 0 saturated carbocycles. The van der Waals surface area contributed by atoms with Crippen molar-refractivity contribution in [2.75, 3.05) is 18.0 Å². The Kier molecular flexibility index (Phi) is 3.72. The number of imidazole rings is 1. The molecule has 1 aliphatic heterocycles. The highest BCUT2D eigenvalue weighted by molar-refractivity contribution is 5.34. The van der Waals surface area contributed by atoms with Crippen molar-refractivity contribution in [3.05, 3.63) is 11.9 Å². The highest BCUT2D eigenvalue weighted by Crippen LogP contribution is 2.20. The third kappa shape index (κ3) is 3.00. The number of nitrogens with zero attached hydrogens (tertiary/aromatic N) is 3. The molecule has 0 spiro atoms. The second kappa shape index (κ2) is 5.08. The van der Waals surface area contributed by atoms with Crippen LogP contribution in [0.15, 0.2) is 6.20 Å². The molecule has 0 aromatic carbocycles.